The fraction of sp³-hybridized carbons (Fsp3) is 0.164. The molecule has 13 nitrogen and oxygen atoms in total. The van der Waals surface area contributed by atoms with E-state index in [9.17, 15) is 0 Å². The summed E-state index contributed by atoms with van der Waals surface area (Å²) in [6.45, 7) is 18.8. The number of nitrogens with one attached hydrogen (secondary N) is 5. The number of aromatic nitrogens is 12. The van der Waals surface area contributed by atoms with Gasteiger partial charge in [-0.05, 0) is 111 Å². The highest BCUT2D eigenvalue weighted by Crippen LogP contribution is 2.38. The lowest BCUT2D eigenvalue weighted by Gasteiger charge is -2.12. The van der Waals surface area contributed by atoms with Crippen LogP contribution in [0.1, 0.15) is 49.4 Å². The van der Waals surface area contributed by atoms with Crippen LogP contribution >= 0.6 is 22.7 Å². The average Bonchev–Trinajstić information content (AvgIpc) is 4.24. The second-order valence-electron chi connectivity index (χ2n) is 17.3. The van der Waals surface area contributed by atoms with Crippen LogP contribution in [0.3, 0.4) is 0 Å². The van der Waals surface area contributed by atoms with Crippen molar-refractivity contribution < 1.29 is 0 Å². The number of thiophene rings is 2. The van der Waals surface area contributed by atoms with Crippen molar-refractivity contribution in [3.05, 3.63) is 150 Å². The van der Waals surface area contributed by atoms with Crippen LogP contribution in [0.2, 0.25) is 0 Å². The predicted molar refractivity (Wildman–Crippen MR) is 289 cm³/mol. The number of fused-ring (bicyclic) bond motifs is 4. The highest BCUT2D eigenvalue weighted by Gasteiger charge is 2.19. The number of nitrogens with zero attached hydrogens (tertiary/aromatic N) is 8. The van der Waals surface area contributed by atoms with Gasteiger partial charge in [0.1, 0.15) is 11.4 Å². The Morgan fingerprint density at radius 3 is 1.67 bits per heavy atom. The minimum Gasteiger partial charge on any atom is -0.358 e. The van der Waals surface area contributed by atoms with Crippen LogP contribution in [-0.4, -0.2) is 60.3 Å². The first-order chi connectivity index (χ1) is 34.1. The molecule has 0 saturated heterocycles. The molecule has 12 aromatic rings. The summed E-state index contributed by atoms with van der Waals surface area (Å²) in [5, 5.41) is 23.0. The van der Waals surface area contributed by atoms with Crippen molar-refractivity contribution in [2.24, 2.45) is 5.92 Å². The van der Waals surface area contributed by atoms with E-state index in [2.05, 4.69) is 161 Å². The first kappa shape index (κ1) is 45.6. The standard InChI is InChI=1S/C29H27N7S.C24H18N6S.C2H6/c1-16(2)9-17(3)33-20-10-19(13-30-14-20)24-11-22-26(15-32-24)35-36-28(22)25-12-21-23(34-25)7-8-31-29(21)27-6-5-18(4)37-27;1-13-5-7-25-11-17(13)19-9-16-21(12-27-19)29-30-23(16)20-10-15-18(28-20)6-8-26-24(15)22-4-3-14(2)31-22;1-2/h5-8,10-16,33-34H,3,9H2,1-2,4H3,(H,35,36);3-12,28H,1-2H3,(H,29,30);1-2H3. The molecular formula is C55H51N13S2. The summed E-state index contributed by atoms with van der Waals surface area (Å²) in [6.07, 6.45) is 15.5. The molecule has 0 fully saturated rings. The number of pyridine rings is 6. The first-order valence-corrected chi connectivity index (χ1v) is 24.8. The highest BCUT2D eigenvalue weighted by atomic mass is 32.1. The molecule has 0 saturated carbocycles. The maximum atomic E-state index is 4.68. The molecule has 0 aliphatic heterocycles. The van der Waals surface area contributed by atoms with Gasteiger partial charge in [-0.25, -0.2) is 0 Å². The zero-order valence-corrected chi connectivity index (χ0v) is 41.6. The van der Waals surface area contributed by atoms with Crippen molar-refractivity contribution in [1.29, 1.82) is 0 Å². The van der Waals surface area contributed by atoms with Crippen LogP contribution in [0, 0.1) is 26.7 Å². The maximum absolute atomic E-state index is 4.68. The molecule has 15 heteroatoms. The number of anilines is 1. The van der Waals surface area contributed by atoms with Crippen molar-refractivity contribution in [2.75, 3.05) is 5.32 Å². The van der Waals surface area contributed by atoms with E-state index in [1.807, 2.05) is 75.4 Å². The summed E-state index contributed by atoms with van der Waals surface area (Å²) >= 11 is 3.50. The summed E-state index contributed by atoms with van der Waals surface area (Å²) in [5.74, 6) is 0.533. The molecule has 0 bridgehead atoms. The molecule has 0 amide bonds. The number of H-pyrrole nitrogens is 4. The van der Waals surface area contributed by atoms with Crippen molar-refractivity contribution in [3.8, 4) is 66.4 Å². The van der Waals surface area contributed by atoms with Crippen molar-refractivity contribution >= 4 is 72.0 Å². The molecule has 70 heavy (non-hydrogen) atoms. The second-order valence-corrected chi connectivity index (χ2v) is 19.9. The Labute approximate surface area is 412 Å². The van der Waals surface area contributed by atoms with Crippen LogP contribution in [0.5, 0.6) is 0 Å². The Balaban J connectivity index is 0.000000159. The van der Waals surface area contributed by atoms with Crippen molar-refractivity contribution in [1.82, 2.24) is 60.3 Å². The summed E-state index contributed by atoms with van der Waals surface area (Å²) in [7, 11) is 0. The number of hydrogen-bond acceptors (Lipinski definition) is 11. The molecule has 12 rings (SSSR count). The van der Waals surface area contributed by atoms with E-state index in [0.29, 0.717) is 5.92 Å². The van der Waals surface area contributed by atoms with Crippen molar-refractivity contribution in [3.63, 3.8) is 0 Å². The number of aryl methyl sites for hydroxylation is 3. The van der Waals surface area contributed by atoms with Gasteiger partial charge in [-0.3, -0.25) is 40.1 Å². The summed E-state index contributed by atoms with van der Waals surface area (Å²) in [5.41, 5.74) is 16.1. The number of allylic oxidation sites excluding steroid dienone is 1. The summed E-state index contributed by atoms with van der Waals surface area (Å²) < 4.78 is 0. The van der Waals surface area contributed by atoms with Gasteiger partial charge in [-0.15, -0.1) is 22.7 Å². The minimum atomic E-state index is 0.533. The Kier molecular flexibility index (Phi) is 12.7. The third-order valence-corrected chi connectivity index (χ3v) is 13.8. The largest absolute Gasteiger partial charge is 0.358 e. The van der Waals surface area contributed by atoms with Gasteiger partial charge in [-0.2, -0.15) is 10.2 Å². The molecule has 0 radical (unpaired) electrons. The Bertz CT molecular complexity index is 3820. The molecule has 0 aromatic carbocycles. The van der Waals surface area contributed by atoms with Gasteiger partial charge < -0.3 is 15.3 Å². The Morgan fingerprint density at radius 2 is 1.13 bits per heavy atom. The van der Waals surface area contributed by atoms with Crippen LogP contribution in [0.25, 0.3) is 110 Å². The fourth-order valence-corrected chi connectivity index (χ4v) is 10.3. The van der Waals surface area contributed by atoms with Gasteiger partial charge in [0.25, 0.3) is 0 Å². The van der Waals surface area contributed by atoms with Gasteiger partial charge in [0.15, 0.2) is 0 Å². The van der Waals surface area contributed by atoms with Crippen LogP contribution < -0.4 is 5.32 Å². The molecule has 12 heterocycles. The van der Waals surface area contributed by atoms with Crippen LogP contribution in [-0.2, 0) is 0 Å². The monoisotopic (exact) mass is 957 g/mol. The van der Waals surface area contributed by atoms with Gasteiger partial charge in [0.05, 0.1) is 79.2 Å². The first-order valence-electron chi connectivity index (χ1n) is 23.2. The van der Waals surface area contributed by atoms with E-state index in [0.717, 1.165) is 129 Å². The smallest absolute Gasteiger partial charge is 0.116 e. The molecule has 0 unspecified atom stereocenters. The minimum absolute atomic E-state index is 0.533. The maximum Gasteiger partial charge on any atom is 0.116 e. The van der Waals surface area contributed by atoms with Crippen LogP contribution in [0.4, 0.5) is 5.69 Å². The Hall–Kier alpha value is -8.14. The lowest BCUT2D eigenvalue weighted by atomic mass is 10.1. The molecule has 0 aliphatic rings. The number of rotatable bonds is 10. The Morgan fingerprint density at radius 1 is 0.571 bits per heavy atom. The zero-order valence-electron chi connectivity index (χ0n) is 39.9. The molecular weight excluding hydrogens is 907 g/mol. The third kappa shape index (κ3) is 9.11. The van der Waals surface area contributed by atoms with E-state index in [1.165, 1.54) is 14.6 Å². The summed E-state index contributed by atoms with van der Waals surface area (Å²) in [6, 6.07) is 25.0. The third-order valence-electron chi connectivity index (χ3n) is 11.8. The van der Waals surface area contributed by atoms with Gasteiger partial charge in [-0.1, -0.05) is 34.3 Å². The van der Waals surface area contributed by atoms with Gasteiger partial charge >= 0.3 is 0 Å². The van der Waals surface area contributed by atoms with E-state index < -0.39 is 0 Å². The molecule has 5 N–H and O–H groups in total. The lowest BCUT2D eigenvalue weighted by Crippen LogP contribution is -2.02. The topological polar surface area (TPSA) is 178 Å². The normalized spacial score (nSPS) is 11.3. The van der Waals surface area contributed by atoms with E-state index >= 15 is 0 Å². The number of hydrogen-bond donors (Lipinski definition) is 5. The zero-order chi connectivity index (χ0) is 48.5. The molecule has 0 spiro atoms. The lowest BCUT2D eigenvalue weighted by molar-refractivity contribution is 0.645. The second kappa shape index (κ2) is 19.5. The quantitative estimate of drug-likeness (QED) is 0.0892. The molecule has 12 aromatic heterocycles. The average molecular weight is 958 g/mol. The van der Waals surface area contributed by atoms with Gasteiger partial charge in [0.2, 0.25) is 0 Å². The van der Waals surface area contributed by atoms with E-state index in [1.54, 1.807) is 28.9 Å². The summed E-state index contributed by atoms with van der Waals surface area (Å²) in [4.78, 5) is 39.2. The van der Waals surface area contributed by atoms with E-state index in [-0.39, 0.29) is 0 Å². The molecule has 348 valence electrons. The molecule has 0 atom stereocenters. The fourth-order valence-electron chi connectivity index (χ4n) is 8.56. The predicted octanol–water partition coefficient (Wildman–Crippen LogP) is 14.5. The van der Waals surface area contributed by atoms with Gasteiger partial charge in [0, 0.05) is 90.1 Å². The van der Waals surface area contributed by atoms with Crippen molar-refractivity contribution in [2.45, 2.75) is 54.9 Å². The molecule has 0 aliphatic carbocycles. The SMILES string of the molecule is C=C(CC(C)C)Nc1cncc(-c2cc3c(-c4cc5c(-c6ccc(C)s6)nccc5[nH]4)n[nH]c3cn2)c1.CC.Cc1ccc(-c2nccc3[nH]c(-c4n[nH]c5cnc(-c6cnccc6C)cc45)cc23)s1. The number of aromatic amines is 4. The van der Waals surface area contributed by atoms with E-state index in [4.69, 9.17) is 0 Å². The van der Waals surface area contributed by atoms with Crippen LogP contribution in [0.15, 0.2) is 135 Å². The highest BCUT2D eigenvalue weighted by molar-refractivity contribution is 7.15.